The maximum atomic E-state index is 14.6. The number of anilines is 2. The predicted octanol–water partition coefficient (Wildman–Crippen LogP) is 6.64. The zero-order chi connectivity index (χ0) is 29.3. The van der Waals surface area contributed by atoms with Crippen molar-refractivity contribution in [1.82, 2.24) is 0 Å². The Kier molecular flexibility index (Phi) is 9.92. The average Bonchev–Trinajstić information content (AvgIpc) is 2.86. The van der Waals surface area contributed by atoms with Crippen molar-refractivity contribution < 1.29 is 45.3 Å². The topological polar surface area (TPSA) is 96.8 Å². The maximum Gasteiger partial charge on any atom is 0.429 e. The first kappa shape index (κ1) is 30.2. The van der Waals surface area contributed by atoms with Crippen molar-refractivity contribution in [3.05, 3.63) is 89.2 Å². The molecule has 0 aromatic heterocycles. The van der Waals surface area contributed by atoms with Gasteiger partial charge < -0.3 is 25.7 Å². The van der Waals surface area contributed by atoms with Gasteiger partial charge in [-0.2, -0.15) is 22.0 Å². The summed E-state index contributed by atoms with van der Waals surface area (Å²) >= 11 is 0. The lowest BCUT2D eigenvalue weighted by Gasteiger charge is -2.19. The molecule has 0 aliphatic rings. The smallest absolute Gasteiger partial charge is 0.429 e. The zero-order valence-electron chi connectivity index (χ0n) is 21.0. The molecule has 4 N–H and O–H groups in total. The first-order valence-corrected chi connectivity index (χ1v) is 12.0. The van der Waals surface area contributed by atoms with Crippen LogP contribution in [-0.2, 0) is 22.1 Å². The van der Waals surface area contributed by atoms with Gasteiger partial charge in [-0.1, -0.05) is 18.2 Å². The lowest BCUT2D eigenvalue weighted by Crippen LogP contribution is -2.23. The van der Waals surface area contributed by atoms with Gasteiger partial charge in [0, 0.05) is 36.4 Å². The quantitative estimate of drug-likeness (QED) is 0.0836. The van der Waals surface area contributed by atoms with Crippen molar-refractivity contribution in [2.24, 2.45) is 0 Å². The number of alkyl halides is 5. The number of ether oxygens (including phenoxy) is 3. The van der Waals surface area contributed by atoms with Gasteiger partial charge in [-0.25, -0.2) is 9.18 Å². The standard InChI is InChI=1S/C28H26F6N2O4/c29-24-17-22(38-14-1-13-27(30,31)32)9-10-23(24)28(33,34)40-21-7-2-18(3-8-21)4-11-26(37)39-15-12-19-5-6-20(35)16-25(19)36/h2-11,16-17H,1,12-15,35-36H2/b11-4+. The van der Waals surface area contributed by atoms with Crippen LogP contribution in [0.5, 0.6) is 11.5 Å². The summed E-state index contributed by atoms with van der Waals surface area (Å²) < 4.78 is 94.8. The Morgan fingerprint density at radius 3 is 2.23 bits per heavy atom. The molecule has 0 saturated carbocycles. The van der Waals surface area contributed by atoms with E-state index in [1.54, 1.807) is 18.2 Å². The number of carbonyl (C=O) groups excluding carboxylic acids is 1. The second kappa shape index (κ2) is 13.1. The van der Waals surface area contributed by atoms with Gasteiger partial charge in [-0.3, -0.25) is 0 Å². The lowest BCUT2D eigenvalue weighted by molar-refractivity contribution is -0.187. The molecule has 40 heavy (non-hydrogen) atoms. The molecule has 0 radical (unpaired) electrons. The molecule has 6 nitrogen and oxygen atoms in total. The molecule has 0 atom stereocenters. The maximum absolute atomic E-state index is 14.6. The van der Waals surface area contributed by atoms with E-state index in [9.17, 15) is 31.1 Å². The van der Waals surface area contributed by atoms with E-state index in [-0.39, 0.29) is 31.1 Å². The van der Waals surface area contributed by atoms with Gasteiger partial charge in [-0.05, 0) is 60.0 Å². The molecule has 0 bridgehead atoms. The van der Waals surface area contributed by atoms with Crippen LogP contribution in [0.3, 0.4) is 0 Å². The monoisotopic (exact) mass is 568 g/mol. The minimum absolute atomic E-state index is 0.0842. The number of esters is 1. The number of carbonyl (C=O) groups is 1. The number of halogens is 6. The fourth-order valence-electron chi connectivity index (χ4n) is 3.45. The summed E-state index contributed by atoms with van der Waals surface area (Å²) in [5.74, 6) is -2.44. The van der Waals surface area contributed by atoms with Gasteiger partial charge in [0.2, 0.25) is 0 Å². The van der Waals surface area contributed by atoms with Gasteiger partial charge in [0.05, 0.1) is 13.2 Å². The van der Waals surface area contributed by atoms with Crippen LogP contribution in [0, 0.1) is 5.82 Å². The SMILES string of the molecule is Nc1ccc(CCOC(=O)/C=C/c2ccc(OC(F)(F)c3ccc(OCCCC(F)(F)F)cc3F)cc2)c(N)c1. The van der Waals surface area contributed by atoms with Crippen LogP contribution in [0.25, 0.3) is 6.08 Å². The molecule has 0 saturated heterocycles. The molecule has 0 unspecified atom stereocenters. The summed E-state index contributed by atoms with van der Waals surface area (Å²) in [4.78, 5) is 12.0. The molecule has 0 aliphatic carbocycles. The summed E-state index contributed by atoms with van der Waals surface area (Å²) in [6.45, 7) is -0.274. The molecule has 214 valence electrons. The number of rotatable bonds is 12. The highest BCUT2D eigenvalue weighted by Gasteiger charge is 2.38. The van der Waals surface area contributed by atoms with Crippen LogP contribution in [0.1, 0.15) is 29.5 Å². The molecule has 3 aromatic carbocycles. The molecular formula is C28H26F6N2O4. The Morgan fingerprint density at radius 2 is 1.57 bits per heavy atom. The third kappa shape index (κ3) is 9.44. The Bertz CT molecular complexity index is 1330. The molecule has 0 spiro atoms. The van der Waals surface area contributed by atoms with Gasteiger partial charge in [0.1, 0.15) is 22.9 Å². The summed E-state index contributed by atoms with van der Waals surface area (Å²) in [5.41, 5.74) is 12.7. The van der Waals surface area contributed by atoms with E-state index in [1.807, 2.05) is 0 Å². The Labute approximate surface area is 226 Å². The van der Waals surface area contributed by atoms with Crippen LogP contribution in [-0.4, -0.2) is 25.4 Å². The van der Waals surface area contributed by atoms with Crippen molar-refractivity contribution in [1.29, 1.82) is 0 Å². The molecule has 0 aliphatic heterocycles. The van der Waals surface area contributed by atoms with Crippen molar-refractivity contribution in [2.75, 3.05) is 24.7 Å². The van der Waals surface area contributed by atoms with Gasteiger partial charge in [0.15, 0.2) is 0 Å². The van der Waals surface area contributed by atoms with Gasteiger partial charge in [0.25, 0.3) is 0 Å². The predicted molar refractivity (Wildman–Crippen MR) is 137 cm³/mol. The van der Waals surface area contributed by atoms with Crippen LogP contribution in [0.2, 0.25) is 0 Å². The average molecular weight is 569 g/mol. The van der Waals surface area contributed by atoms with E-state index < -0.39 is 36.1 Å². The normalized spacial score (nSPS) is 11.9. The summed E-state index contributed by atoms with van der Waals surface area (Å²) in [6, 6.07) is 12.7. The Morgan fingerprint density at radius 1 is 0.875 bits per heavy atom. The van der Waals surface area contributed by atoms with E-state index in [0.29, 0.717) is 29.4 Å². The van der Waals surface area contributed by atoms with E-state index in [2.05, 4.69) is 4.74 Å². The first-order chi connectivity index (χ1) is 18.8. The number of nitrogens with two attached hydrogens (primary N) is 2. The van der Waals surface area contributed by atoms with E-state index in [4.69, 9.17) is 20.9 Å². The molecule has 12 heteroatoms. The third-order valence-corrected chi connectivity index (χ3v) is 5.45. The molecule has 0 heterocycles. The van der Waals surface area contributed by atoms with Crippen LogP contribution in [0.4, 0.5) is 37.7 Å². The second-order valence-electron chi connectivity index (χ2n) is 8.61. The fourth-order valence-corrected chi connectivity index (χ4v) is 3.45. The number of nitrogen functional groups attached to an aromatic ring is 2. The largest absolute Gasteiger partial charge is 0.493 e. The number of hydrogen-bond acceptors (Lipinski definition) is 6. The molecular weight excluding hydrogens is 542 g/mol. The van der Waals surface area contributed by atoms with Crippen LogP contribution in [0.15, 0.2) is 66.7 Å². The third-order valence-electron chi connectivity index (χ3n) is 5.45. The van der Waals surface area contributed by atoms with E-state index in [1.165, 1.54) is 36.4 Å². The van der Waals surface area contributed by atoms with Crippen molar-refractivity contribution in [3.63, 3.8) is 0 Å². The Balaban J connectivity index is 1.50. The van der Waals surface area contributed by atoms with Crippen LogP contribution < -0.4 is 20.9 Å². The molecule has 3 aromatic rings. The van der Waals surface area contributed by atoms with Crippen molar-refractivity contribution in [3.8, 4) is 11.5 Å². The van der Waals surface area contributed by atoms with Gasteiger partial charge in [-0.15, -0.1) is 0 Å². The highest BCUT2D eigenvalue weighted by atomic mass is 19.4. The first-order valence-electron chi connectivity index (χ1n) is 12.0. The summed E-state index contributed by atoms with van der Waals surface area (Å²) in [6.07, 6.45) is -6.89. The minimum Gasteiger partial charge on any atom is -0.493 e. The van der Waals surface area contributed by atoms with E-state index >= 15 is 0 Å². The fraction of sp³-hybridized carbons (Fsp3) is 0.250. The lowest BCUT2D eigenvalue weighted by atomic mass is 10.1. The van der Waals surface area contributed by atoms with Gasteiger partial charge >= 0.3 is 18.3 Å². The summed E-state index contributed by atoms with van der Waals surface area (Å²) in [5, 5.41) is 0. The van der Waals surface area contributed by atoms with E-state index in [0.717, 1.165) is 17.7 Å². The highest BCUT2D eigenvalue weighted by Crippen LogP contribution is 2.34. The zero-order valence-corrected chi connectivity index (χ0v) is 21.0. The number of hydrogen-bond donors (Lipinski definition) is 2. The summed E-state index contributed by atoms with van der Waals surface area (Å²) in [7, 11) is 0. The van der Waals surface area contributed by atoms with Crippen LogP contribution >= 0.6 is 0 Å². The van der Waals surface area contributed by atoms with Crippen molar-refractivity contribution in [2.45, 2.75) is 31.5 Å². The Hall–Kier alpha value is -4.35. The molecule has 3 rings (SSSR count). The van der Waals surface area contributed by atoms with Crippen molar-refractivity contribution >= 4 is 23.4 Å². The minimum atomic E-state index is -4.35. The molecule has 0 amide bonds. The molecule has 0 fully saturated rings. The number of benzene rings is 3. The highest BCUT2D eigenvalue weighted by molar-refractivity contribution is 5.87. The second-order valence-corrected chi connectivity index (χ2v) is 8.61.